The Labute approximate surface area is 154 Å². The van der Waals surface area contributed by atoms with Gasteiger partial charge in [-0.2, -0.15) is 0 Å². The third-order valence-electron chi connectivity index (χ3n) is 3.98. The van der Waals surface area contributed by atoms with Crippen molar-refractivity contribution >= 4 is 22.6 Å². The smallest absolute Gasteiger partial charge is 0.159 e. The topological polar surface area (TPSA) is 56.8 Å². The molecule has 0 spiro atoms. The minimum absolute atomic E-state index is 0.551. The number of benzene rings is 2. The number of methoxy groups -OCH3 is 1. The summed E-state index contributed by atoms with van der Waals surface area (Å²) in [5.41, 5.74) is 8.20. The van der Waals surface area contributed by atoms with Crippen molar-refractivity contribution in [1.82, 2.24) is 0 Å². The number of amidine groups is 1. The van der Waals surface area contributed by atoms with Gasteiger partial charge in [0.05, 0.1) is 19.4 Å². The Kier molecular flexibility index (Phi) is 7.67. The van der Waals surface area contributed by atoms with E-state index >= 15 is 0 Å². The molecule has 0 bridgehead atoms. The van der Waals surface area contributed by atoms with Crippen LogP contribution in [0.4, 0.5) is 5.69 Å². The normalized spacial score (nSPS) is 12.7. The molecule has 5 heteroatoms. The Hall–Kier alpha value is -2.14. The highest BCUT2D eigenvalue weighted by Gasteiger charge is 2.03. The molecule has 2 N–H and O–H groups in total. The Morgan fingerprint density at radius 3 is 2.32 bits per heavy atom. The summed E-state index contributed by atoms with van der Waals surface area (Å²) in [4.78, 5) is 4.44. The van der Waals surface area contributed by atoms with Gasteiger partial charge in [-0.25, -0.2) is 4.99 Å². The average Bonchev–Trinajstić information content (AvgIpc) is 2.65. The van der Waals surface area contributed by atoms with Crippen LogP contribution in [0.2, 0.25) is 0 Å². The number of nitrogens with zero attached hydrogens (tertiary/aromatic N) is 1. The van der Waals surface area contributed by atoms with Crippen LogP contribution in [0.15, 0.2) is 53.5 Å². The summed E-state index contributed by atoms with van der Waals surface area (Å²) in [5, 5.41) is 0.551. The Balaban J connectivity index is 1.77. The zero-order chi connectivity index (χ0) is 18.1. The summed E-state index contributed by atoms with van der Waals surface area (Å²) in [6.45, 7) is 4.99. The van der Waals surface area contributed by atoms with Crippen molar-refractivity contribution in [3.8, 4) is 11.5 Å². The summed E-state index contributed by atoms with van der Waals surface area (Å²) in [6.07, 6.45) is 1.13. The van der Waals surface area contributed by atoms with E-state index in [0.29, 0.717) is 17.7 Å². The number of aliphatic imine (C=N–C) groups is 1. The number of rotatable bonds is 8. The first kappa shape index (κ1) is 19.2. The van der Waals surface area contributed by atoms with E-state index in [1.165, 1.54) is 17.3 Å². The largest absolute Gasteiger partial charge is 0.497 e. The lowest BCUT2D eigenvalue weighted by Crippen LogP contribution is -2.10. The SMILES string of the molecule is CC[C@@H](C)c1ccc(N=C(N)SCCOc2ccc(OC)cc2)cc1. The molecule has 0 radical (unpaired) electrons. The third kappa shape index (κ3) is 6.35. The number of hydrogen-bond donors (Lipinski definition) is 1. The highest BCUT2D eigenvalue weighted by Crippen LogP contribution is 2.22. The van der Waals surface area contributed by atoms with E-state index in [1.54, 1.807) is 7.11 Å². The van der Waals surface area contributed by atoms with Crippen LogP contribution < -0.4 is 15.2 Å². The van der Waals surface area contributed by atoms with E-state index in [9.17, 15) is 0 Å². The third-order valence-corrected chi connectivity index (χ3v) is 4.73. The van der Waals surface area contributed by atoms with Crippen LogP contribution in [-0.2, 0) is 0 Å². The molecule has 0 amide bonds. The van der Waals surface area contributed by atoms with Crippen LogP contribution in [0.1, 0.15) is 31.7 Å². The lowest BCUT2D eigenvalue weighted by atomic mass is 9.99. The minimum atomic E-state index is 0.551. The maximum atomic E-state index is 5.99. The van der Waals surface area contributed by atoms with Crippen LogP contribution in [0, 0.1) is 0 Å². The summed E-state index contributed by atoms with van der Waals surface area (Å²) in [5.74, 6) is 2.95. The van der Waals surface area contributed by atoms with Crippen LogP contribution in [0.25, 0.3) is 0 Å². The van der Waals surface area contributed by atoms with Crippen molar-refractivity contribution in [3.05, 3.63) is 54.1 Å². The van der Waals surface area contributed by atoms with Gasteiger partial charge in [0.15, 0.2) is 5.17 Å². The van der Waals surface area contributed by atoms with Crippen molar-refractivity contribution < 1.29 is 9.47 Å². The lowest BCUT2D eigenvalue weighted by molar-refractivity contribution is 0.343. The molecule has 0 aliphatic heterocycles. The van der Waals surface area contributed by atoms with Crippen molar-refractivity contribution in [2.45, 2.75) is 26.2 Å². The number of thioether (sulfide) groups is 1. The lowest BCUT2D eigenvalue weighted by Gasteiger charge is -2.09. The van der Waals surface area contributed by atoms with Gasteiger partial charge in [0.25, 0.3) is 0 Å². The van der Waals surface area contributed by atoms with Gasteiger partial charge in [-0.15, -0.1) is 0 Å². The van der Waals surface area contributed by atoms with Crippen LogP contribution in [0.5, 0.6) is 11.5 Å². The number of nitrogens with two attached hydrogens (primary N) is 1. The van der Waals surface area contributed by atoms with Crippen molar-refractivity contribution in [2.24, 2.45) is 10.7 Å². The number of hydrogen-bond acceptors (Lipinski definition) is 4. The molecule has 0 unspecified atom stereocenters. The molecule has 0 aliphatic rings. The Morgan fingerprint density at radius 2 is 1.72 bits per heavy atom. The molecule has 0 fully saturated rings. The van der Waals surface area contributed by atoms with Crippen LogP contribution in [-0.4, -0.2) is 24.6 Å². The van der Waals surface area contributed by atoms with E-state index < -0.39 is 0 Å². The molecule has 4 nitrogen and oxygen atoms in total. The Bertz CT molecular complexity index is 669. The van der Waals surface area contributed by atoms with Crippen LogP contribution in [0.3, 0.4) is 0 Å². The van der Waals surface area contributed by atoms with Gasteiger partial charge in [0.2, 0.25) is 0 Å². The van der Waals surface area contributed by atoms with Gasteiger partial charge in [-0.1, -0.05) is 37.7 Å². The average molecular weight is 359 g/mol. The zero-order valence-corrected chi connectivity index (χ0v) is 15.9. The predicted octanol–water partition coefficient (Wildman–Crippen LogP) is 4.97. The standard InChI is InChI=1S/C20H26N2O2S/c1-4-15(2)16-5-7-17(8-6-16)22-20(21)25-14-13-24-19-11-9-18(23-3)10-12-19/h5-12,15H,4,13-14H2,1-3H3,(H2,21,22)/t15-/m1/s1. The second-order valence-corrected chi connectivity index (χ2v) is 6.84. The zero-order valence-electron chi connectivity index (χ0n) is 15.1. The summed E-state index contributed by atoms with van der Waals surface area (Å²) in [7, 11) is 1.65. The van der Waals surface area contributed by atoms with Gasteiger partial charge in [0, 0.05) is 5.75 Å². The molecular weight excluding hydrogens is 332 g/mol. The van der Waals surface area contributed by atoms with E-state index in [0.717, 1.165) is 29.4 Å². The monoisotopic (exact) mass is 358 g/mol. The molecule has 0 saturated heterocycles. The first-order valence-corrected chi connectivity index (χ1v) is 9.44. The van der Waals surface area contributed by atoms with Gasteiger partial charge in [-0.05, 0) is 54.3 Å². The van der Waals surface area contributed by atoms with Crippen molar-refractivity contribution in [3.63, 3.8) is 0 Å². The molecule has 0 aliphatic carbocycles. The molecule has 2 aromatic carbocycles. The van der Waals surface area contributed by atoms with Crippen LogP contribution >= 0.6 is 11.8 Å². The van der Waals surface area contributed by atoms with Gasteiger partial charge in [-0.3, -0.25) is 0 Å². The fourth-order valence-corrected chi connectivity index (χ4v) is 2.80. The molecule has 0 aromatic heterocycles. The van der Waals surface area contributed by atoms with E-state index in [2.05, 4.69) is 31.0 Å². The second kappa shape index (κ2) is 9.99. The first-order valence-electron chi connectivity index (χ1n) is 8.46. The molecule has 0 saturated carbocycles. The highest BCUT2D eigenvalue weighted by molar-refractivity contribution is 8.13. The summed E-state index contributed by atoms with van der Waals surface area (Å²) < 4.78 is 10.8. The molecule has 2 aromatic rings. The summed E-state index contributed by atoms with van der Waals surface area (Å²) in [6, 6.07) is 15.8. The van der Waals surface area contributed by atoms with E-state index in [-0.39, 0.29) is 0 Å². The van der Waals surface area contributed by atoms with Gasteiger partial charge >= 0.3 is 0 Å². The Morgan fingerprint density at radius 1 is 1.08 bits per heavy atom. The fourth-order valence-electron chi connectivity index (χ4n) is 2.25. The molecule has 1 atom stereocenters. The minimum Gasteiger partial charge on any atom is -0.497 e. The highest BCUT2D eigenvalue weighted by atomic mass is 32.2. The predicted molar refractivity (Wildman–Crippen MR) is 107 cm³/mol. The van der Waals surface area contributed by atoms with Crippen molar-refractivity contribution in [2.75, 3.05) is 19.5 Å². The van der Waals surface area contributed by atoms with Crippen molar-refractivity contribution in [1.29, 1.82) is 0 Å². The molecule has 134 valence electrons. The maximum Gasteiger partial charge on any atom is 0.159 e. The molecule has 25 heavy (non-hydrogen) atoms. The molecular formula is C20H26N2O2S. The molecule has 0 heterocycles. The molecule has 2 rings (SSSR count). The van der Waals surface area contributed by atoms with Gasteiger partial charge < -0.3 is 15.2 Å². The van der Waals surface area contributed by atoms with Gasteiger partial charge in [0.1, 0.15) is 11.5 Å². The quantitative estimate of drug-likeness (QED) is 0.411. The van der Waals surface area contributed by atoms with E-state index in [1.807, 2.05) is 36.4 Å². The fraction of sp³-hybridized carbons (Fsp3) is 0.350. The summed E-state index contributed by atoms with van der Waals surface area (Å²) >= 11 is 1.49. The van der Waals surface area contributed by atoms with E-state index in [4.69, 9.17) is 15.2 Å². The second-order valence-electron chi connectivity index (χ2n) is 5.72. The first-order chi connectivity index (χ1) is 12.1. The maximum absolute atomic E-state index is 5.99. The number of ether oxygens (including phenoxy) is 2.